The van der Waals surface area contributed by atoms with E-state index >= 15 is 0 Å². The molecule has 3 aliphatic rings. The first-order valence-electron chi connectivity index (χ1n) is 8.17. The van der Waals surface area contributed by atoms with Crippen molar-refractivity contribution in [2.45, 2.75) is 51.1 Å². The summed E-state index contributed by atoms with van der Waals surface area (Å²) in [5.74, 6) is 1.51. The third-order valence-electron chi connectivity index (χ3n) is 5.28. The van der Waals surface area contributed by atoms with Crippen molar-refractivity contribution < 1.29 is 14.1 Å². The van der Waals surface area contributed by atoms with Gasteiger partial charge in [0.05, 0.1) is 18.3 Å². The van der Waals surface area contributed by atoms with Crippen LogP contribution in [-0.2, 0) is 4.79 Å². The van der Waals surface area contributed by atoms with Crippen LogP contribution in [0.2, 0.25) is 0 Å². The number of rotatable bonds is 3. The first-order chi connectivity index (χ1) is 10.6. The van der Waals surface area contributed by atoms with E-state index in [2.05, 4.69) is 10.1 Å². The van der Waals surface area contributed by atoms with Crippen molar-refractivity contribution in [2.75, 3.05) is 13.1 Å². The van der Waals surface area contributed by atoms with Gasteiger partial charge >= 0.3 is 0 Å². The molecule has 2 aliphatic heterocycles. The van der Waals surface area contributed by atoms with Gasteiger partial charge in [-0.25, -0.2) is 0 Å². The van der Waals surface area contributed by atoms with E-state index in [1.807, 2.05) is 4.90 Å². The van der Waals surface area contributed by atoms with Gasteiger partial charge in [0.1, 0.15) is 11.3 Å². The Balaban J connectivity index is 1.54. The van der Waals surface area contributed by atoms with E-state index in [1.165, 1.54) is 19.0 Å². The Morgan fingerprint density at radius 3 is 2.82 bits per heavy atom. The van der Waals surface area contributed by atoms with E-state index in [0.29, 0.717) is 30.2 Å². The highest BCUT2D eigenvalue weighted by molar-refractivity contribution is 5.95. The van der Waals surface area contributed by atoms with Crippen molar-refractivity contribution >= 4 is 11.8 Å². The van der Waals surface area contributed by atoms with Gasteiger partial charge in [-0.1, -0.05) is 5.16 Å². The summed E-state index contributed by atoms with van der Waals surface area (Å²) >= 11 is 0. The smallest absolute Gasteiger partial charge is 0.259 e. The number of carbonyl (C=O) groups is 2. The monoisotopic (exact) mass is 303 g/mol. The van der Waals surface area contributed by atoms with Crippen LogP contribution in [0.15, 0.2) is 10.7 Å². The lowest BCUT2D eigenvalue weighted by Gasteiger charge is -2.39. The molecule has 2 saturated heterocycles. The number of fused-ring (bicyclic) bond motifs is 1. The van der Waals surface area contributed by atoms with E-state index < -0.39 is 0 Å². The van der Waals surface area contributed by atoms with Crippen molar-refractivity contribution in [3.63, 3.8) is 0 Å². The van der Waals surface area contributed by atoms with Crippen molar-refractivity contribution in [1.82, 2.24) is 15.0 Å². The summed E-state index contributed by atoms with van der Waals surface area (Å²) in [6, 6.07) is 0.351. The minimum atomic E-state index is -0.00743. The maximum atomic E-state index is 12.7. The Labute approximate surface area is 129 Å². The molecule has 3 fully saturated rings. The summed E-state index contributed by atoms with van der Waals surface area (Å²) in [5, 5.41) is 3.71. The fourth-order valence-corrected chi connectivity index (χ4v) is 3.88. The minimum Gasteiger partial charge on any atom is -0.361 e. The van der Waals surface area contributed by atoms with Crippen LogP contribution in [0.25, 0.3) is 0 Å². The summed E-state index contributed by atoms with van der Waals surface area (Å²) in [6.45, 7) is 3.36. The number of hydrogen-bond acceptors (Lipinski definition) is 4. The van der Waals surface area contributed by atoms with Crippen LogP contribution in [0.1, 0.15) is 48.2 Å². The van der Waals surface area contributed by atoms with Gasteiger partial charge in [-0.05, 0) is 38.5 Å². The number of amides is 2. The van der Waals surface area contributed by atoms with Crippen LogP contribution >= 0.6 is 0 Å². The molecular weight excluding hydrogens is 282 g/mol. The fraction of sp³-hybridized carbons (Fsp3) is 0.688. The molecule has 1 saturated carbocycles. The van der Waals surface area contributed by atoms with Crippen molar-refractivity contribution in [2.24, 2.45) is 5.92 Å². The number of likely N-dealkylation sites (tertiary alicyclic amines) is 2. The lowest BCUT2D eigenvalue weighted by atomic mass is 9.95. The van der Waals surface area contributed by atoms with Crippen LogP contribution in [-0.4, -0.2) is 51.9 Å². The molecule has 0 N–H and O–H groups in total. The van der Waals surface area contributed by atoms with E-state index in [1.54, 1.807) is 6.92 Å². The Morgan fingerprint density at radius 1 is 1.32 bits per heavy atom. The van der Waals surface area contributed by atoms with Gasteiger partial charge in [0.25, 0.3) is 5.91 Å². The Kier molecular flexibility index (Phi) is 3.20. The molecule has 0 aromatic carbocycles. The van der Waals surface area contributed by atoms with Crippen LogP contribution in [0.5, 0.6) is 0 Å². The largest absolute Gasteiger partial charge is 0.361 e. The summed E-state index contributed by atoms with van der Waals surface area (Å²) in [5.41, 5.74) is 0.547. The van der Waals surface area contributed by atoms with Crippen LogP contribution < -0.4 is 0 Å². The molecule has 22 heavy (non-hydrogen) atoms. The summed E-state index contributed by atoms with van der Waals surface area (Å²) < 4.78 is 5.02. The van der Waals surface area contributed by atoms with Gasteiger partial charge in [0, 0.05) is 19.5 Å². The lowest BCUT2D eigenvalue weighted by Crippen LogP contribution is -2.53. The van der Waals surface area contributed by atoms with Gasteiger partial charge < -0.3 is 14.3 Å². The Morgan fingerprint density at radius 2 is 2.14 bits per heavy atom. The average Bonchev–Trinajstić information content (AvgIpc) is 3.05. The molecule has 6 nitrogen and oxygen atoms in total. The third-order valence-corrected chi connectivity index (χ3v) is 5.28. The second kappa shape index (κ2) is 5.11. The normalized spacial score (nSPS) is 28.1. The van der Waals surface area contributed by atoms with Gasteiger partial charge in [-0.2, -0.15) is 0 Å². The molecule has 0 unspecified atom stereocenters. The van der Waals surface area contributed by atoms with Gasteiger partial charge in [-0.3, -0.25) is 9.59 Å². The number of aromatic nitrogens is 1. The molecule has 1 aromatic rings. The first kappa shape index (κ1) is 13.8. The molecule has 118 valence electrons. The molecule has 2 amide bonds. The summed E-state index contributed by atoms with van der Waals surface area (Å²) in [6.07, 6.45) is 6.20. The van der Waals surface area contributed by atoms with Crippen LogP contribution in [0, 0.1) is 12.8 Å². The molecule has 2 atom stereocenters. The molecule has 0 spiro atoms. The minimum absolute atomic E-state index is 0.00743. The molecule has 0 bridgehead atoms. The highest BCUT2D eigenvalue weighted by atomic mass is 16.5. The second-order valence-corrected chi connectivity index (χ2v) is 6.75. The molecule has 3 heterocycles. The van der Waals surface area contributed by atoms with Crippen molar-refractivity contribution in [3.8, 4) is 0 Å². The molecule has 6 heteroatoms. The molecule has 4 rings (SSSR count). The van der Waals surface area contributed by atoms with Gasteiger partial charge in [-0.15, -0.1) is 0 Å². The molecular formula is C16H21N3O3. The maximum Gasteiger partial charge on any atom is 0.259 e. The predicted octanol–water partition coefficient (Wildman–Crippen LogP) is 1.60. The standard InChI is InChI=1S/C16H21N3O3/c1-10-12(8-17-22-10)16(21)18-7-6-14-13(18)4-5-15(20)19(14)9-11-2-3-11/h8,11,13-14H,2-7,9H2,1H3/t13-,14-/m0/s1. The Hall–Kier alpha value is -1.85. The van der Waals surface area contributed by atoms with E-state index in [4.69, 9.17) is 4.52 Å². The van der Waals surface area contributed by atoms with E-state index in [0.717, 1.165) is 19.4 Å². The predicted molar refractivity (Wildman–Crippen MR) is 78.1 cm³/mol. The summed E-state index contributed by atoms with van der Waals surface area (Å²) in [7, 11) is 0. The highest BCUT2D eigenvalue weighted by Gasteiger charge is 2.46. The van der Waals surface area contributed by atoms with Crippen molar-refractivity contribution in [3.05, 3.63) is 17.5 Å². The fourth-order valence-electron chi connectivity index (χ4n) is 3.88. The van der Waals surface area contributed by atoms with E-state index in [9.17, 15) is 9.59 Å². The molecule has 0 radical (unpaired) electrons. The van der Waals surface area contributed by atoms with E-state index in [-0.39, 0.29) is 23.9 Å². The zero-order valence-corrected chi connectivity index (χ0v) is 12.8. The number of piperidine rings is 1. The third kappa shape index (κ3) is 2.21. The van der Waals surface area contributed by atoms with Gasteiger partial charge in [0.15, 0.2) is 0 Å². The SMILES string of the molecule is Cc1oncc1C(=O)N1CC[C@H]2[C@@H]1CCC(=O)N2CC1CC1. The summed E-state index contributed by atoms with van der Waals surface area (Å²) in [4.78, 5) is 29.0. The number of hydrogen-bond donors (Lipinski definition) is 0. The number of aryl methyl sites for hydroxylation is 1. The molecule has 1 aliphatic carbocycles. The quantitative estimate of drug-likeness (QED) is 0.850. The number of carbonyl (C=O) groups excluding carboxylic acids is 2. The highest BCUT2D eigenvalue weighted by Crippen LogP contribution is 2.37. The first-order valence-corrected chi connectivity index (χ1v) is 8.17. The second-order valence-electron chi connectivity index (χ2n) is 6.75. The maximum absolute atomic E-state index is 12.7. The lowest BCUT2D eigenvalue weighted by molar-refractivity contribution is -0.137. The topological polar surface area (TPSA) is 66.7 Å². The van der Waals surface area contributed by atoms with Crippen LogP contribution in [0.4, 0.5) is 0 Å². The number of nitrogens with zero attached hydrogens (tertiary/aromatic N) is 3. The van der Waals surface area contributed by atoms with Gasteiger partial charge in [0.2, 0.25) is 5.91 Å². The van der Waals surface area contributed by atoms with Crippen molar-refractivity contribution in [1.29, 1.82) is 0 Å². The Bertz CT molecular complexity index is 608. The average molecular weight is 303 g/mol. The zero-order valence-electron chi connectivity index (χ0n) is 12.8. The van der Waals surface area contributed by atoms with Crippen LogP contribution in [0.3, 0.4) is 0 Å². The zero-order chi connectivity index (χ0) is 15.3. The molecule has 1 aromatic heterocycles.